The van der Waals surface area contributed by atoms with Crippen molar-refractivity contribution in [1.82, 2.24) is 25.0 Å². The largest absolute Gasteiger partial charge is 0.288 e. The van der Waals surface area contributed by atoms with E-state index in [1.54, 1.807) is 30.3 Å². The van der Waals surface area contributed by atoms with Crippen LogP contribution >= 0.6 is 34.8 Å². The molecule has 0 unspecified atom stereocenters. The third-order valence-electron chi connectivity index (χ3n) is 4.15. The topological polar surface area (TPSA) is 88.5 Å². The van der Waals surface area contributed by atoms with Crippen LogP contribution in [0.1, 0.15) is 16.1 Å². The number of hydrogen-bond acceptors (Lipinski definition) is 4. The Morgan fingerprint density at radius 1 is 1.07 bits per heavy atom. The van der Waals surface area contributed by atoms with E-state index in [9.17, 15) is 9.18 Å². The quantitative estimate of drug-likeness (QED) is 0.431. The van der Waals surface area contributed by atoms with Crippen molar-refractivity contribution in [3.05, 3.63) is 80.9 Å². The van der Waals surface area contributed by atoms with Crippen LogP contribution < -0.4 is 5.32 Å². The summed E-state index contributed by atoms with van der Waals surface area (Å²) in [4.78, 5) is 16.5. The Morgan fingerprint density at radius 2 is 1.90 bits per heavy atom. The van der Waals surface area contributed by atoms with Gasteiger partial charge in [0.2, 0.25) is 5.95 Å². The van der Waals surface area contributed by atoms with Gasteiger partial charge in [0.25, 0.3) is 5.91 Å². The Hall–Kier alpha value is -2.94. The van der Waals surface area contributed by atoms with Gasteiger partial charge in [-0.3, -0.25) is 15.2 Å². The third kappa shape index (κ3) is 4.46. The molecule has 1 amide bonds. The van der Waals surface area contributed by atoms with Crippen LogP contribution in [0.3, 0.4) is 0 Å². The molecule has 7 nitrogen and oxygen atoms in total. The molecular formula is C19H12Cl3FN6O. The maximum absolute atomic E-state index is 13.2. The molecule has 0 aliphatic heterocycles. The zero-order chi connectivity index (χ0) is 21.3. The van der Waals surface area contributed by atoms with Crippen molar-refractivity contribution in [3.8, 4) is 11.3 Å². The second-order valence-corrected chi connectivity index (χ2v) is 7.47. The molecule has 0 aliphatic rings. The van der Waals surface area contributed by atoms with Crippen LogP contribution in [0.4, 0.5) is 10.3 Å². The lowest BCUT2D eigenvalue weighted by Crippen LogP contribution is -2.14. The molecule has 0 spiro atoms. The lowest BCUT2D eigenvalue weighted by molar-refractivity contribution is 0.102. The highest BCUT2D eigenvalue weighted by atomic mass is 35.5. The number of nitrogens with zero attached hydrogens (tertiary/aromatic N) is 4. The number of H-pyrrole nitrogens is 1. The number of amides is 1. The van der Waals surface area contributed by atoms with E-state index in [0.29, 0.717) is 26.9 Å². The predicted octanol–water partition coefficient (Wildman–Crippen LogP) is 5.07. The van der Waals surface area contributed by atoms with E-state index < -0.39 is 11.7 Å². The van der Waals surface area contributed by atoms with E-state index >= 15 is 0 Å². The number of carbonyl (C=O) groups is 1. The lowest BCUT2D eigenvalue weighted by Gasteiger charge is -2.04. The molecule has 0 radical (unpaired) electrons. The molecule has 2 aromatic carbocycles. The standard InChI is InChI=1S/C19H12Cl3FN6O/c20-13-4-2-10(5-15(13)22)16-7-17(27-26-16)18(30)25-19-24-9-29(28-19)8-11-1-3-12(23)6-14(11)21/h1-7,9H,8H2,(H,26,27)(H,25,28,30). The number of aromatic nitrogens is 5. The van der Waals surface area contributed by atoms with Crippen LogP contribution in [0.5, 0.6) is 0 Å². The van der Waals surface area contributed by atoms with Crippen LogP contribution in [-0.2, 0) is 6.54 Å². The average molecular weight is 466 g/mol. The molecule has 2 heterocycles. The smallest absolute Gasteiger partial charge is 0.276 e. The highest BCUT2D eigenvalue weighted by Gasteiger charge is 2.14. The Bertz CT molecular complexity index is 1240. The molecule has 4 aromatic rings. The first-order chi connectivity index (χ1) is 14.4. The van der Waals surface area contributed by atoms with Crippen molar-refractivity contribution in [2.75, 3.05) is 5.32 Å². The first kappa shape index (κ1) is 20.3. The van der Waals surface area contributed by atoms with Crippen LogP contribution in [-0.4, -0.2) is 30.9 Å². The number of carbonyl (C=O) groups excluding carboxylic acids is 1. The van der Waals surface area contributed by atoms with Crippen LogP contribution in [0.15, 0.2) is 48.8 Å². The van der Waals surface area contributed by atoms with E-state index in [2.05, 4.69) is 25.6 Å². The van der Waals surface area contributed by atoms with E-state index in [1.165, 1.54) is 23.1 Å². The van der Waals surface area contributed by atoms with Crippen molar-refractivity contribution < 1.29 is 9.18 Å². The maximum Gasteiger partial charge on any atom is 0.276 e. The molecule has 0 fully saturated rings. The summed E-state index contributed by atoms with van der Waals surface area (Å²) in [7, 11) is 0. The second kappa shape index (κ2) is 8.43. The molecule has 0 saturated carbocycles. The summed E-state index contributed by atoms with van der Waals surface area (Å²) in [5.74, 6) is -0.787. The summed E-state index contributed by atoms with van der Waals surface area (Å²) in [6, 6.07) is 10.7. The van der Waals surface area contributed by atoms with Gasteiger partial charge in [0, 0.05) is 10.6 Å². The fourth-order valence-electron chi connectivity index (χ4n) is 2.66. The average Bonchev–Trinajstić information content (AvgIpc) is 3.36. The van der Waals surface area contributed by atoms with Crippen LogP contribution in [0.25, 0.3) is 11.3 Å². The SMILES string of the molecule is O=C(Nc1ncn(Cc2ccc(F)cc2Cl)n1)c1cc(-c2ccc(Cl)c(Cl)c2)n[nH]1. The van der Waals surface area contributed by atoms with Gasteiger partial charge in [-0.05, 0) is 35.9 Å². The van der Waals surface area contributed by atoms with Gasteiger partial charge in [-0.1, -0.05) is 46.9 Å². The van der Waals surface area contributed by atoms with E-state index in [0.717, 1.165) is 0 Å². The Kier molecular flexibility index (Phi) is 5.72. The Morgan fingerprint density at radius 3 is 2.67 bits per heavy atom. The first-order valence-electron chi connectivity index (χ1n) is 8.54. The second-order valence-electron chi connectivity index (χ2n) is 6.25. The zero-order valence-electron chi connectivity index (χ0n) is 15.0. The fraction of sp³-hybridized carbons (Fsp3) is 0.0526. The predicted molar refractivity (Wildman–Crippen MR) is 113 cm³/mol. The van der Waals surface area contributed by atoms with Crippen LogP contribution in [0, 0.1) is 5.82 Å². The number of halogens is 4. The molecule has 0 bridgehead atoms. The number of hydrogen-bond donors (Lipinski definition) is 2. The summed E-state index contributed by atoms with van der Waals surface area (Å²) >= 11 is 18.0. The first-order valence-corrected chi connectivity index (χ1v) is 9.68. The number of nitrogens with one attached hydrogen (secondary N) is 2. The highest BCUT2D eigenvalue weighted by Crippen LogP contribution is 2.28. The van der Waals surface area contributed by atoms with Gasteiger partial charge in [-0.15, -0.1) is 5.10 Å². The number of benzene rings is 2. The maximum atomic E-state index is 13.2. The summed E-state index contributed by atoms with van der Waals surface area (Å²) in [6.07, 6.45) is 1.43. The molecule has 0 atom stereocenters. The molecule has 30 heavy (non-hydrogen) atoms. The van der Waals surface area contributed by atoms with E-state index in [1.807, 2.05) is 0 Å². The number of anilines is 1. The zero-order valence-corrected chi connectivity index (χ0v) is 17.3. The van der Waals surface area contributed by atoms with E-state index in [-0.39, 0.29) is 23.2 Å². The number of aromatic amines is 1. The monoisotopic (exact) mass is 464 g/mol. The van der Waals surface area contributed by atoms with Crippen molar-refractivity contribution in [2.24, 2.45) is 0 Å². The Labute approximate surface area is 184 Å². The van der Waals surface area contributed by atoms with Crippen molar-refractivity contribution >= 4 is 46.7 Å². The molecule has 2 N–H and O–H groups in total. The summed E-state index contributed by atoms with van der Waals surface area (Å²) < 4.78 is 14.6. The fourth-order valence-corrected chi connectivity index (χ4v) is 3.19. The summed E-state index contributed by atoms with van der Waals surface area (Å²) in [5.41, 5.74) is 2.12. The number of rotatable bonds is 5. The summed E-state index contributed by atoms with van der Waals surface area (Å²) in [5, 5.41) is 14.6. The highest BCUT2D eigenvalue weighted by molar-refractivity contribution is 6.42. The Balaban J connectivity index is 1.44. The third-order valence-corrected chi connectivity index (χ3v) is 5.24. The van der Waals surface area contributed by atoms with Gasteiger partial charge in [0.05, 0.1) is 22.3 Å². The normalized spacial score (nSPS) is 10.9. The van der Waals surface area contributed by atoms with Gasteiger partial charge in [-0.2, -0.15) is 5.10 Å². The minimum atomic E-state index is -0.466. The molecule has 152 valence electrons. The van der Waals surface area contributed by atoms with Crippen molar-refractivity contribution in [3.63, 3.8) is 0 Å². The van der Waals surface area contributed by atoms with Gasteiger partial charge in [-0.25, -0.2) is 14.1 Å². The van der Waals surface area contributed by atoms with Crippen molar-refractivity contribution in [1.29, 1.82) is 0 Å². The summed E-state index contributed by atoms with van der Waals surface area (Å²) in [6.45, 7) is 0.271. The van der Waals surface area contributed by atoms with E-state index in [4.69, 9.17) is 34.8 Å². The minimum Gasteiger partial charge on any atom is -0.288 e. The molecule has 11 heteroatoms. The molecule has 0 saturated heterocycles. The minimum absolute atomic E-state index is 0.101. The van der Waals surface area contributed by atoms with Crippen molar-refractivity contribution in [2.45, 2.75) is 6.54 Å². The van der Waals surface area contributed by atoms with Gasteiger partial charge in [0.1, 0.15) is 17.8 Å². The molecule has 2 aromatic heterocycles. The molecule has 4 rings (SSSR count). The molecule has 0 aliphatic carbocycles. The van der Waals surface area contributed by atoms with Gasteiger partial charge < -0.3 is 0 Å². The van der Waals surface area contributed by atoms with Gasteiger partial charge >= 0.3 is 0 Å². The van der Waals surface area contributed by atoms with Crippen LogP contribution in [0.2, 0.25) is 15.1 Å². The lowest BCUT2D eigenvalue weighted by atomic mass is 10.1. The van der Waals surface area contributed by atoms with Gasteiger partial charge in [0.15, 0.2) is 0 Å². The molecular weight excluding hydrogens is 454 g/mol.